The average molecular weight is 490 g/mol. The molecule has 27 heavy (non-hydrogen) atoms. The summed E-state index contributed by atoms with van der Waals surface area (Å²) in [4.78, 5) is 16.8. The lowest BCUT2D eigenvalue weighted by molar-refractivity contribution is -0.128. The molecule has 1 amide bonds. The molecule has 1 rings (SSSR count). The van der Waals surface area contributed by atoms with Gasteiger partial charge in [-0.2, -0.15) is 0 Å². The number of ether oxygens (including phenoxy) is 1. The number of aliphatic imine (C=N–C) groups is 1. The molecule has 0 aliphatic carbocycles. The summed E-state index contributed by atoms with van der Waals surface area (Å²) in [7, 11) is 1.68. The number of carbonyl (C=O) groups is 1. The topological polar surface area (TPSA) is 74.8 Å². The number of guanidine groups is 1. The Labute approximate surface area is 181 Å². The first-order chi connectivity index (χ1) is 12.2. The highest BCUT2D eigenvalue weighted by Crippen LogP contribution is 2.26. The van der Waals surface area contributed by atoms with E-state index in [2.05, 4.69) is 40.9 Å². The average Bonchev–Trinajstić information content (AvgIpc) is 2.60. The van der Waals surface area contributed by atoms with E-state index in [0.29, 0.717) is 19.0 Å². The van der Waals surface area contributed by atoms with Crippen LogP contribution in [-0.4, -0.2) is 38.6 Å². The van der Waals surface area contributed by atoms with Crippen molar-refractivity contribution >= 4 is 35.8 Å². The van der Waals surface area contributed by atoms with Gasteiger partial charge < -0.3 is 20.7 Å². The van der Waals surface area contributed by atoms with Crippen LogP contribution in [0.15, 0.2) is 23.2 Å². The van der Waals surface area contributed by atoms with E-state index in [1.54, 1.807) is 7.11 Å². The predicted molar refractivity (Wildman–Crippen MR) is 123 cm³/mol. The fourth-order valence-electron chi connectivity index (χ4n) is 2.54. The maximum atomic E-state index is 12.2. The largest absolute Gasteiger partial charge is 0.496 e. The number of carbonyl (C=O) groups excluding carboxylic acids is 1. The molecule has 0 fully saturated rings. The van der Waals surface area contributed by atoms with Crippen LogP contribution in [0.1, 0.15) is 51.8 Å². The molecule has 7 heteroatoms. The predicted octanol–water partition coefficient (Wildman–Crippen LogP) is 3.40. The molecule has 1 atom stereocenters. The van der Waals surface area contributed by atoms with Crippen LogP contribution in [0.25, 0.3) is 0 Å². The fourth-order valence-corrected chi connectivity index (χ4v) is 2.54. The number of hydrogen-bond donors (Lipinski definition) is 3. The van der Waals surface area contributed by atoms with Gasteiger partial charge in [0.1, 0.15) is 5.75 Å². The van der Waals surface area contributed by atoms with Crippen molar-refractivity contribution in [1.82, 2.24) is 16.0 Å². The molecule has 0 aliphatic heterocycles. The zero-order valence-corrected chi connectivity index (χ0v) is 19.9. The van der Waals surface area contributed by atoms with E-state index in [1.165, 1.54) is 5.56 Å². The molecule has 0 bridgehead atoms. The lowest BCUT2D eigenvalue weighted by Gasteiger charge is -2.24. The standard InChI is InChI=1S/C20H34N4O2.HI/c1-8-21-18(25)20(5,6)13-23-19(22-9-2)24-15(4)16-12-14(3)10-11-17(16)26-7;/h10-12,15H,8-9,13H2,1-7H3,(H,21,25)(H2,22,23,24);1H. The lowest BCUT2D eigenvalue weighted by atomic mass is 9.92. The van der Waals surface area contributed by atoms with Gasteiger partial charge in [0.2, 0.25) is 5.91 Å². The first-order valence-corrected chi connectivity index (χ1v) is 9.22. The van der Waals surface area contributed by atoms with Crippen molar-refractivity contribution in [3.05, 3.63) is 29.3 Å². The summed E-state index contributed by atoms with van der Waals surface area (Å²) >= 11 is 0. The van der Waals surface area contributed by atoms with E-state index in [9.17, 15) is 4.79 Å². The maximum absolute atomic E-state index is 12.2. The van der Waals surface area contributed by atoms with Crippen molar-refractivity contribution in [2.45, 2.75) is 47.6 Å². The van der Waals surface area contributed by atoms with Crippen LogP contribution in [-0.2, 0) is 4.79 Å². The molecule has 0 spiro atoms. The Bertz CT molecular complexity index is 632. The number of nitrogens with one attached hydrogen (secondary N) is 3. The molecular formula is C20H35IN4O2. The Morgan fingerprint density at radius 2 is 1.85 bits per heavy atom. The summed E-state index contributed by atoms with van der Waals surface area (Å²) < 4.78 is 5.48. The highest BCUT2D eigenvalue weighted by molar-refractivity contribution is 14.0. The number of aryl methyl sites for hydroxylation is 1. The summed E-state index contributed by atoms with van der Waals surface area (Å²) in [6.07, 6.45) is 0. The third kappa shape index (κ3) is 7.94. The molecule has 0 saturated carbocycles. The SMILES string of the molecule is CCNC(=O)C(C)(C)CN=C(NCC)NC(C)c1cc(C)ccc1OC.I. The van der Waals surface area contributed by atoms with Crippen LogP contribution in [0, 0.1) is 12.3 Å². The second kappa shape index (κ2) is 12.0. The van der Waals surface area contributed by atoms with E-state index < -0.39 is 5.41 Å². The van der Waals surface area contributed by atoms with Gasteiger partial charge in [0.25, 0.3) is 0 Å². The minimum atomic E-state index is -0.567. The van der Waals surface area contributed by atoms with Gasteiger partial charge in [0.15, 0.2) is 5.96 Å². The van der Waals surface area contributed by atoms with Gasteiger partial charge in [-0.25, -0.2) is 0 Å². The summed E-state index contributed by atoms with van der Waals surface area (Å²) in [5.41, 5.74) is 1.68. The summed E-state index contributed by atoms with van der Waals surface area (Å²) in [6, 6.07) is 6.13. The molecule has 6 nitrogen and oxygen atoms in total. The molecule has 0 aliphatic rings. The summed E-state index contributed by atoms with van der Waals surface area (Å²) in [5, 5.41) is 9.52. The Balaban J connectivity index is 0.00000676. The molecule has 154 valence electrons. The number of benzene rings is 1. The van der Waals surface area contributed by atoms with Crippen LogP contribution < -0.4 is 20.7 Å². The van der Waals surface area contributed by atoms with Crippen molar-refractivity contribution < 1.29 is 9.53 Å². The lowest BCUT2D eigenvalue weighted by Crippen LogP contribution is -2.42. The summed E-state index contributed by atoms with van der Waals surface area (Å²) in [5.74, 6) is 1.53. The Kier molecular flexibility index (Phi) is 11.4. The molecule has 0 saturated heterocycles. The quantitative estimate of drug-likeness (QED) is 0.297. The number of halogens is 1. The van der Waals surface area contributed by atoms with Crippen molar-refractivity contribution in [2.24, 2.45) is 10.4 Å². The number of rotatable bonds is 8. The molecule has 0 radical (unpaired) electrons. The van der Waals surface area contributed by atoms with Crippen LogP contribution in [0.2, 0.25) is 0 Å². The minimum absolute atomic E-state index is 0. The molecule has 3 N–H and O–H groups in total. The first kappa shape index (κ1) is 25.5. The molecule has 0 heterocycles. The molecule has 1 aromatic rings. The van der Waals surface area contributed by atoms with Crippen molar-refractivity contribution in [2.75, 3.05) is 26.7 Å². The number of nitrogens with zero attached hydrogens (tertiary/aromatic N) is 1. The normalized spacial score (nSPS) is 12.6. The van der Waals surface area contributed by atoms with Crippen LogP contribution >= 0.6 is 24.0 Å². The van der Waals surface area contributed by atoms with Crippen LogP contribution in [0.4, 0.5) is 0 Å². The molecule has 1 aromatic carbocycles. The monoisotopic (exact) mass is 490 g/mol. The van der Waals surface area contributed by atoms with E-state index in [-0.39, 0.29) is 35.9 Å². The van der Waals surface area contributed by atoms with Crippen LogP contribution in [0.5, 0.6) is 5.75 Å². The zero-order chi connectivity index (χ0) is 19.7. The first-order valence-electron chi connectivity index (χ1n) is 9.22. The van der Waals surface area contributed by atoms with Gasteiger partial charge in [-0.1, -0.05) is 17.7 Å². The maximum Gasteiger partial charge on any atom is 0.227 e. The van der Waals surface area contributed by atoms with Crippen molar-refractivity contribution in [3.8, 4) is 5.75 Å². The second-order valence-corrected chi connectivity index (χ2v) is 7.05. The molecular weight excluding hydrogens is 455 g/mol. The van der Waals surface area contributed by atoms with Gasteiger partial charge in [-0.05, 0) is 47.6 Å². The van der Waals surface area contributed by atoms with E-state index in [4.69, 9.17) is 4.74 Å². The van der Waals surface area contributed by atoms with Gasteiger partial charge in [0, 0.05) is 18.7 Å². The number of amides is 1. The van der Waals surface area contributed by atoms with Crippen molar-refractivity contribution in [1.29, 1.82) is 0 Å². The van der Waals surface area contributed by atoms with E-state index >= 15 is 0 Å². The number of hydrogen-bond acceptors (Lipinski definition) is 3. The Morgan fingerprint density at radius 3 is 2.41 bits per heavy atom. The summed E-state index contributed by atoms with van der Waals surface area (Å²) in [6.45, 7) is 13.6. The smallest absolute Gasteiger partial charge is 0.227 e. The highest BCUT2D eigenvalue weighted by Gasteiger charge is 2.27. The highest BCUT2D eigenvalue weighted by atomic mass is 127. The van der Waals surface area contributed by atoms with Crippen LogP contribution in [0.3, 0.4) is 0 Å². The third-order valence-electron chi connectivity index (χ3n) is 4.13. The Hall–Kier alpha value is -1.51. The van der Waals surface area contributed by atoms with Gasteiger partial charge >= 0.3 is 0 Å². The molecule has 0 aromatic heterocycles. The Morgan fingerprint density at radius 1 is 1.22 bits per heavy atom. The number of methoxy groups -OCH3 is 1. The van der Waals surface area contributed by atoms with Gasteiger partial charge in [-0.3, -0.25) is 9.79 Å². The van der Waals surface area contributed by atoms with E-state index in [1.807, 2.05) is 39.8 Å². The zero-order valence-electron chi connectivity index (χ0n) is 17.6. The van der Waals surface area contributed by atoms with Gasteiger partial charge in [-0.15, -0.1) is 24.0 Å². The van der Waals surface area contributed by atoms with Crippen molar-refractivity contribution in [3.63, 3.8) is 0 Å². The van der Waals surface area contributed by atoms with Gasteiger partial charge in [0.05, 0.1) is 25.1 Å². The molecule has 1 unspecified atom stereocenters. The third-order valence-corrected chi connectivity index (χ3v) is 4.13. The van der Waals surface area contributed by atoms with E-state index in [0.717, 1.165) is 17.9 Å². The fraction of sp³-hybridized carbons (Fsp3) is 0.600. The second-order valence-electron chi connectivity index (χ2n) is 7.05. The minimum Gasteiger partial charge on any atom is -0.496 e.